The maximum absolute atomic E-state index is 13.4. The number of halogens is 1. The minimum Gasteiger partial charge on any atom is -0.298 e. The Morgan fingerprint density at radius 2 is 1.62 bits per heavy atom. The van der Waals surface area contributed by atoms with Crippen LogP contribution in [-0.2, 0) is 0 Å². The largest absolute Gasteiger partial charge is 0.298 e. The molecule has 0 amide bonds. The minimum absolute atomic E-state index is 0.155. The zero-order valence-electron chi connectivity index (χ0n) is 16.1. The van der Waals surface area contributed by atoms with E-state index in [9.17, 15) is 4.39 Å². The standard InChI is InChI=1S/C23H29FN2/c1-16(2)25-10-12-26(13-11-25)23-15-21(18-5-7-19(24)8-6-18)20-9-4-17(3)14-22(20)23/h4-9,14,16,21,23H,10-13,15H2,1-3H3. The Balaban J connectivity index is 1.61. The zero-order valence-corrected chi connectivity index (χ0v) is 16.1. The highest BCUT2D eigenvalue weighted by Gasteiger charge is 2.36. The van der Waals surface area contributed by atoms with Crippen molar-refractivity contribution in [3.8, 4) is 0 Å². The number of hydrogen-bond donors (Lipinski definition) is 0. The Hall–Kier alpha value is -1.71. The molecule has 2 unspecified atom stereocenters. The monoisotopic (exact) mass is 352 g/mol. The van der Waals surface area contributed by atoms with Crippen molar-refractivity contribution in [2.24, 2.45) is 0 Å². The summed E-state index contributed by atoms with van der Waals surface area (Å²) in [4.78, 5) is 5.24. The second kappa shape index (κ2) is 7.13. The fourth-order valence-corrected chi connectivity index (χ4v) is 4.70. The van der Waals surface area contributed by atoms with Crippen LogP contribution in [0.3, 0.4) is 0 Å². The fourth-order valence-electron chi connectivity index (χ4n) is 4.70. The van der Waals surface area contributed by atoms with Gasteiger partial charge in [0.25, 0.3) is 0 Å². The van der Waals surface area contributed by atoms with Crippen molar-refractivity contribution in [2.45, 2.75) is 45.2 Å². The van der Waals surface area contributed by atoms with Crippen molar-refractivity contribution in [1.29, 1.82) is 0 Å². The normalized spacial score (nSPS) is 24.2. The molecule has 0 saturated carbocycles. The SMILES string of the molecule is Cc1ccc2c(c1)C(N1CCN(C(C)C)CC1)CC2c1ccc(F)cc1. The molecule has 0 bridgehead atoms. The molecule has 138 valence electrons. The van der Waals surface area contributed by atoms with Gasteiger partial charge in [-0.2, -0.15) is 0 Å². The number of hydrogen-bond acceptors (Lipinski definition) is 2. The first-order valence-corrected chi connectivity index (χ1v) is 9.87. The number of fused-ring (bicyclic) bond motifs is 1. The van der Waals surface area contributed by atoms with Crippen LogP contribution in [0.15, 0.2) is 42.5 Å². The topological polar surface area (TPSA) is 6.48 Å². The number of rotatable bonds is 3. The van der Waals surface area contributed by atoms with Crippen LogP contribution in [0.4, 0.5) is 4.39 Å². The van der Waals surface area contributed by atoms with Crippen molar-refractivity contribution in [2.75, 3.05) is 26.2 Å². The molecule has 2 aromatic rings. The molecule has 1 saturated heterocycles. The van der Waals surface area contributed by atoms with Crippen LogP contribution in [0, 0.1) is 12.7 Å². The van der Waals surface area contributed by atoms with E-state index in [1.54, 1.807) is 12.1 Å². The van der Waals surface area contributed by atoms with Gasteiger partial charge in [0.1, 0.15) is 5.82 Å². The molecule has 3 heteroatoms. The quantitative estimate of drug-likeness (QED) is 0.787. The van der Waals surface area contributed by atoms with Crippen molar-refractivity contribution in [1.82, 2.24) is 9.80 Å². The summed E-state index contributed by atoms with van der Waals surface area (Å²) in [6.07, 6.45) is 1.10. The first-order valence-electron chi connectivity index (χ1n) is 9.87. The first-order chi connectivity index (χ1) is 12.5. The van der Waals surface area contributed by atoms with Gasteiger partial charge in [-0.15, -0.1) is 0 Å². The summed E-state index contributed by atoms with van der Waals surface area (Å²) >= 11 is 0. The summed E-state index contributed by atoms with van der Waals surface area (Å²) in [6, 6.07) is 15.1. The second-order valence-corrected chi connectivity index (χ2v) is 8.15. The number of benzene rings is 2. The van der Waals surface area contributed by atoms with Gasteiger partial charge < -0.3 is 0 Å². The summed E-state index contributed by atoms with van der Waals surface area (Å²) < 4.78 is 13.4. The maximum Gasteiger partial charge on any atom is 0.123 e. The van der Waals surface area contributed by atoms with Gasteiger partial charge >= 0.3 is 0 Å². The molecule has 2 aliphatic rings. The third-order valence-electron chi connectivity index (χ3n) is 6.23. The highest BCUT2D eigenvalue weighted by molar-refractivity contribution is 5.46. The molecule has 1 aliphatic carbocycles. The molecular weight excluding hydrogens is 323 g/mol. The lowest BCUT2D eigenvalue weighted by molar-refractivity contribution is 0.0772. The van der Waals surface area contributed by atoms with Crippen molar-refractivity contribution >= 4 is 0 Å². The number of aryl methyl sites for hydroxylation is 1. The van der Waals surface area contributed by atoms with Crippen molar-refractivity contribution in [3.05, 3.63) is 70.5 Å². The summed E-state index contributed by atoms with van der Waals surface area (Å²) in [5, 5.41) is 0. The van der Waals surface area contributed by atoms with Crippen LogP contribution in [-0.4, -0.2) is 42.0 Å². The molecule has 2 aromatic carbocycles. The lowest BCUT2D eigenvalue weighted by atomic mass is 9.92. The van der Waals surface area contributed by atoms with Crippen LogP contribution < -0.4 is 0 Å². The van der Waals surface area contributed by atoms with E-state index in [0.29, 0.717) is 18.0 Å². The highest BCUT2D eigenvalue weighted by atomic mass is 19.1. The van der Waals surface area contributed by atoms with Crippen molar-refractivity contribution < 1.29 is 4.39 Å². The molecule has 1 aliphatic heterocycles. The van der Waals surface area contributed by atoms with Gasteiger partial charge in [-0.3, -0.25) is 9.80 Å². The van der Waals surface area contributed by atoms with Crippen LogP contribution >= 0.6 is 0 Å². The summed E-state index contributed by atoms with van der Waals surface area (Å²) in [5.74, 6) is 0.219. The van der Waals surface area contributed by atoms with E-state index in [0.717, 1.165) is 32.6 Å². The van der Waals surface area contributed by atoms with Gasteiger partial charge in [0, 0.05) is 44.2 Å². The van der Waals surface area contributed by atoms with E-state index in [-0.39, 0.29) is 5.82 Å². The Morgan fingerprint density at radius 3 is 2.27 bits per heavy atom. The molecule has 4 rings (SSSR count). The lowest BCUT2D eigenvalue weighted by Gasteiger charge is -2.40. The van der Waals surface area contributed by atoms with Gasteiger partial charge in [0.15, 0.2) is 0 Å². The van der Waals surface area contributed by atoms with E-state index in [1.165, 1.54) is 22.3 Å². The van der Waals surface area contributed by atoms with Crippen LogP contribution in [0.1, 0.15) is 54.5 Å². The van der Waals surface area contributed by atoms with Gasteiger partial charge in [-0.05, 0) is 56.0 Å². The molecule has 1 heterocycles. The molecule has 0 spiro atoms. The Bertz CT molecular complexity index is 760. The van der Waals surface area contributed by atoms with Gasteiger partial charge in [0.05, 0.1) is 0 Å². The van der Waals surface area contributed by atoms with Crippen molar-refractivity contribution in [3.63, 3.8) is 0 Å². The average molecular weight is 352 g/mol. The van der Waals surface area contributed by atoms with E-state index < -0.39 is 0 Å². The Kier molecular flexibility index (Phi) is 4.85. The van der Waals surface area contributed by atoms with Gasteiger partial charge in [0.2, 0.25) is 0 Å². The molecule has 0 aromatic heterocycles. The Morgan fingerprint density at radius 1 is 0.923 bits per heavy atom. The van der Waals surface area contributed by atoms with E-state index >= 15 is 0 Å². The molecule has 2 atom stereocenters. The first kappa shape index (κ1) is 17.7. The van der Waals surface area contributed by atoms with Crippen LogP contribution in [0.5, 0.6) is 0 Å². The van der Waals surface area contributed by atoms with E-state index in [2.05, 4.69) is 48.8 Å². The summed E-state index contributed by atoms with van der Waals surface area (Å²) in [5.41, 5.74) is 5.48. The molecule has 0 radical (unpaired) electrons. The van der Waals surface area contributed by atoms with E-state index in [1.807, 2.05) is 12.1 Å². The fraction of sp³-hybridized carbons (Fsp3) is 0.478. The van der Waals surface area contributed by atoms with Crippen LogP contribution in [0.25, 0.3) is 0 Å². The second-order valence-electron chi connectivity index (χ2n) is 8.15. The molecule has 0 N–H and O–H groups in total. The predicted octanol–water partition coefficient (Wildman–Crippen LogP) is 4.74. The van der Waals surface area contributed by atoms with Gasteiger partial charge in [-0.25, -0.2) is 4.39 Å². The summed E-state index contributed by atoms with van der Waals surface area (Å²) in [7, 11) is 0. The molecule has 2 nitrogen and oxygen atoms in total. The number of piperazine rings is 1. The maximum atomic E-state index is 13.4. The molecule has 26 heavy (non-hydrogen) atoms. The third kappa shape index (κ3) is 3.30. The van der Waals surface area contributed by atoms with Gasteiger partial charge in [-0.1, -0.05) is 35.9 Å². The highest BCUT2D eigenvalue weighted by Crippen LogP contribution is 2.47. The molecule has 1 fully saturated rings. The lowest BCUT2D eigenvalue weighted by Crippen LogP contribution is -2.49. The predicted molar refractivity (Wildman–Crippen MR) is 105 cm³/mol. The third-order valence-corrected chi connectivity index (χ3v) is 6.23. The zero-order chi connectivity index (χ0) is 18.3. The smallest absolute Gasteiger partial charge is 0.123 e. The Labute approximate surface area is 156 Å². The average Bonchev–Trinajstić information content (AvgIpc) is 3.01. The number of nitrogens with zero attached hydrogens (tertiary/aromatic N) is 2. The van der Waals surface area contributed by atoms with Crippen LogP contribution in [0.2, 0.25) is 0 Å². The minimum atomic E-state index is -0.155. The molecular formula is C23H29FN2. The summed E-state index contributed by atoms with van der Waals surface area (Å²) in [6.45, 7) is 11.3. The van der Waals surface area contributed by atoms with E-state index in [4.69, 9.17) is 0 Å².